The molecule has 1 fully saturated rings. The van der Waals surface area contributed by atoms with Crippen LogP contribution in [0.3, 0.4) is 0 Å². The van der Waals surface area contributed by atoms with Crippen LogP contribution in [0.4, 0.5) is 0 Å². The van der Waals surface area contributed by atoms with Gasteiger partial charge in [0.15, 0.2) is 11.5 Å². The number of hydrogen-bond acceptors (Lipinski definition) is 6. The lowest BCUT2D eigenvalue weighted by Gasteiger charge is -2.34. The summed E-state index contributed by atoms with van der Waals surface area (Å²) in [6.07, 6.45) is 1.59. The van der Waals surface area contributed by atoms with Crippen LogP contribution in [-0.2, 0) is 4.79 Å². The molecule has 0 bridgehead atoms. The van der Waals surface area contributed by atoms with Gasteiger partial charge in [-0.1, -0.05) is 41.9 Å². The molecule has 198 valence electrons. The number of halogens is 1. The lowest BCUT2D eigenvalue weighted by molar-refractivity contribution is -0.127. The van der Waals surface area contributed by atoms with Crippen molar-refractivity contribution in [2.24, 2.45) is 0 Å². The fourth-order valence-corrected chi connectivity index (χ4v) is 4.55. The SMILES string of the molecule is COc1ccc(/C(=C\C(=O)N2CCN(C(=O)c3cc(OC)c(O)c(OC)c3)CC2)c2ccccc2Cl)cc1. The second kappa shape index (κ2) is 11.9. The molecule has 1 aliphatic heterocycles. The summed E-state index contributed by atoms with van der Waals surface area (Å²) in [5.74, 6) is 0.438. The summed E-state index contributed by atoms with van der Waals surface area (Å²) in [5, 5.41) is 10.7. The number of phenolic OH excluding ortho intramolecular Hbond substituents is 1. The van der Waals surface area contributed by atoms with Crippen molar-refractivity contribution in [3.63, 3.8) is 0 Å². The first kappa shape index (κ1) is 26.9. The van der Waals surface area contributed by atoms with E-state index < -0.39 is 0 Å². The van der Waals surface area contributed by atoms with Gasteiger partial charge in [-0.3, -0.25) is 9.59 Å². The average molecular weight is 537 g/mol. The van der Waals surface area contributed by atoms with Crippen molar-refractivity contribution < 1.29 is 28.9 Å². The Balaban J connectivity index is 1.52. The monoisotopic (exact) mass is 536 g/mol. The summed E-state index contributed by atoms with van der Waals surface area (Å²) in [7, 11) is 4.41. The van der Waals surface area contributed by atoms with Crippen LogP contribution in [0.15, 0.2) is 66.7 Å². The molecule has 3 aromatic carbocycles. The third kappa shape index (κ3) is 5.70. The van der Waals surface area contributed by atoms with Gasteiger partial charge in [0.25, 0.3) is 5.91 Å². The maximum atomic E-state index is 13.4. The minimum Gasteiger partial charge on any atom is -0.502 e. The molecule has 1 saturated heterocycles. The van der Waals surface area contributed by atoms with Gasteiger partial charge in [0, 0.05) is 48.4 Å². The lowest BCUT2D eigenvalue weighted by Crippen LogP contribution is -2.50. The van der Waals surface area contributed by atoms with Crippen LogP contribution < -0.4 is 14.2 Å². The van der Waals surface area contributed by atoms with Crippen molar-refractivity contribution in [2.45, 2.75) is 0 Å². The van der Waals surface area contributed by atoms with E-state index in [1.54, 1.807) is 29.1 Å². The van der Waals surface area contributed by atoms with Gasteiger partial charge < -0.3 is 29.1 Å². The third-order valence-electron chi connectivity index (χ3n) is 6.44. The quantitative estimate of drug-likeness (QED) is 0.448. The van der Waals surface area contributed by atoms with Gasteiger partial charge in [-0.05, 0) is 41.5 Å². The molecule has 0 radical (unpaired) electrons. The molecule has 0 saturated carbocycles. The zero-order valence-electron chi connectivity index (χ0n) is 21.4. The average Bonchev–Trinajstić information content (AvgIpc) is 2.96. The lowest BCUT2D eigenvalue weighted by atomic mass is 9.97. The maximum Gasteiger partial charge on any atom is 0.254 e. The van der Waals surface area contributed by atoms with Gasteiger partial charge in [0.1, 0.15) is 5.75 Å². The van der Waals surface area contributed by atoms with Crippen molar-refractivity contribution in [3.05, 3.63) is 88.5 Å². The van der Waals surface area contributed by atoms with E-state index in [1.807, 2.05) is 42.5 Å². The largest absolute Gasteiger partial charge is 0.502 e. The first-order valence-electron chi connectivity index (χ1n) is 12.0. The van der Waals surface area contributed by atoms with Crippen molar-refractivity contribution in [1.29, 1.82) is 0 Å². The highest BCUT2D eigenvalue weighted by atomic mass is 35.5. The summed E-state index contributed by atoms with van der Waals surface area (Å²) in [6, 6.07) is 17.8. The first-order chi connectivity index (χ1) is 18.4. The Morgan fingerprint density at radius 1 is 0.816 bits per heavy atom. The Morgan fingerprint density at radius 3 is 1.95 bits per heavy atom. The van der Waals surface area contributed by atoms with E-state index in [2.05, 4.69) is 0 Å². The minimum absolute atomic E-state index is 0.150. The first-order valence-corrected chi connectivity index (χ1v) is 12.4. The van der Waals surface area contributed by atoms with Crippen LogP contribution in [0.2, 0.25) is 5.02 Å². The highest BCUT2D eigenvalue weighted by Crippen LogP contribution is 2.37. The Kier molecular flexibility index (Phi) is 8.43. The van der Waals surface area contributed by atoms with Crippen LogP contribution in [0.25, 0.3) is 5.57 Å². The zero-order valence-corrected chi connectivity index (χ0v) is 22.2. The van der Waals surface area contributed by atoms with Crippen molar-refractivity contribution in [2.75, 3.05) is 47.5 Å². The van der Waals surface area contributed by atoms with E-state index in [0.29, 0.717) is 48.1 Å². The molecule has 0 aromatic heterocycles. The van der Waals surface area contributed by atoms with E-state index in [1.165, 1.54) is 26.4 Å². The van der Waals surface area contributed by atoms with Crippen molar-refractivity contribution >= 4 is 29.0 Å². The normalized spacial score (nSPS) is 13.7. The Hall–Kier alpha value is -4.17. The number of hydrogen-bond donors (Lipinski definition) is 1. The Morgan fingerprint density at radius 2 is 1.39 bits per heavy atom. The summed E-state index contributed by atoms with van der Waals surface area (Å²) in [6.45, 7) is 1.44. The van der Waals surface area contributed by atoms with Gasteiger partial charge >= 0.3 is 0 Å². The highest BCUT2D eigenvalue weighted by molar-refractivity contribution is 6.32. The van der Waals surface area contributed by atoms with E-state index in [0.717, 1.165) is 11.1 Å². The van der Waals surface area contributed by atoms with Crippen molar-refractivity contribution in [3.8, 4) is 23.0 Å². The molecule has 0 aliphatic carbocycles. The molecule has 0 unspecified atom stereocenters. The molecule has 2 amide bonds. The van der Waals surface area contributed by atoms with Crippen LogP contribution in [0.5, 0.6) is 23.0 Å². The Labute approximate surface area is 226 Å². The molecule has 38 heavy (non-hydrogen) atoms. The number of carbonyl (C=O) groups excluding carboxylic acids is 2. The number of piperazine rings is 1. The molecule has 0 atom stereocenters. The maximum absolute atomic E-state index is 13.4. The topological polar surface area (TPSA) is 88.5 Å². The van der Waals surface area contributed by atoms with Gasteiger partial charge in [-0.15, -0.1) is 0 Å². The van der Waals surface area contributed by atoms with Crippen LogP contribution in [-0.4, -0.2) is 74.2 Å². The number of phenols is 1. The van der Waals surface area contributed by atoms with Gasteiger partial charge in [0.2, 0.25) is 11.7 Å². The molecule has 1 aliphatic rings. The number of aromatic hydroxyl groups is 1. The second-order valence-electron chi connectivity index (χ2n) is 8.61. The van der Waals surface area contributed by atoms with Crippen LogP contribution >= 0.6 is 11.6 Å². The summed E-state index contributed by atoms with van der Waals surface area (Å²) in [4.78, 5) is 29.9. The zero-order chi connectivity index (χ0) is 27.2. The summed E-state index contributed by atoms with van der Waals surface area (Å²) >= 11 is 6.49. The van der Waals surface area contributed by atoms with Gasteiger partial charge in [-0.2, -0.15) is 0 Å². The molecule has 4 rings (SSSR count). The molecule has 8 nitrogen and oxygen atoms in total. The minimum atomic E-state index is -0.237. The number of methoxy groups -OCH3 is 3. The van der Waals surface area contributed by atoms with E-state index >= 15 is 0 Å². The van der Waals surface area contributed by atoms with Gasteiger partial charge in [0.05, 0.1) is 21.3 Å². The fraction of sp³-hybridized carbons (Fsp3) is 0.241. The Bertz CT molecular complexity index is 1320. The van der Waals surface area contributed by atoms with Crippen molar-refractivity contribution in [1.82, 2.24) is 9.80 Å². The van der Waals surface area contributed by atoms with E-state index in [4.69, 9.17) is 25.8 Å². The standard InChI is InChI=1S/C29H29ClN2O6/c1-36-21-10-8-19(9-11-21)23(22-6-4-5-7-24(22)30)18-27(33)31-12-14-32(15-13-31)29(35)20-16-25(37-2)28(34)26(17-20)38-3/h4-11,16-18,34H,12-15H2,1-3H3/b23-18+. The van der Waals surface area contributed by atoms with E-state index in [9.17, 15) is 14.7 Å². The molecule has 3 aromatic rings. The number of carbonyl (C=O) groups is 2. The number of nitrogens with zero attached hydrogens (tertiary/aromatic N) is 2. The number of benzene rings is 3. The molecule has 9 heteroatoms. The molecule has 0 spiro atoms. The summed E-state index contributed by atoms with van der Waals surface area (Å²) in [5.41, 5.74) is 2.61. The van der Waals surface area contributed by atoms with Crippen LogP contribution in [0, 0.1) is 0 Å². The number of rotatable bonds is 7. The van der Waals surface area contributed by atoms with Crippen LogP contribution in [0.1, 0.15) is 21.5 Å². The second-order valence-corrected chi connectivity index (χ2v) is 9.02. The predicted octanol–water partition coefficient (Wildman–Crippen LogP) is 4.49. The smallest absolute Gasteiger partial charge is 0.254 e. The predicted molar refractivity (Wildman–Crippen MR) is 145 cm³/mol. The number of amides is 2. The molecular formula is C29H29ClN2O6. The number of ether oxygens (including phenoxy) is 3. The summed E-state index contributed by atoms with van der Waals surface area (Å²) < 4.78 is 15.6. The molecular weight excluding hydrogens is 508 g/mol. The third-order valence-corrected chi connectivity index (χ3v) is 6.77. The van der Waals surface area contributed by atoms with E-state index in [-0.39, 0.29) is 29.1 Å². The van der Waals surface area contributed by atoms with Gasteiger partial charge in [-0.25, -0.2) is 0 Å². The molecule has 1 heterocycles. The fourth-order valence-electron chi connectivity index (χ4n) is 4.31. The highest BCUT2D eigenvalue weighted by Gasteiger charge is 2.26. The molecule has 1 N–H and O–H groups in total.